The first-order chi connectivity index (χ1) is 14.5. The summed E-state index contributed by atoms with van der Waals surface area (Å²) in [5.41, 5.74) is 1.18. The summed E-state index contributed by atoms with van der Waals surface area (Å²) in [5, 5.41) is 9.49. The van der Waals surface area contributed by atoms with Crippen LogP contribution >= 0.6 is 0 Å². The average Bonchev–Trinajstić information content (AvgIpc) is 3.03. The van der Waals surface area contributed by atoms with Gasteiger partial charge in [-0.05, 0) is 17.7 Å². The molecule has 30 heavy (non-hydrogen) atoms. The third-order valence-electron chi connectivity index (χ3n) is 5.14. The third-order valence-corrected chi connectivity index (χ3v) is 5.14. The van der Waals surface area contributed by atoms with Gasteiger partial charge in [0.1, 0.15) is 12.6 Å². The molecule has 2 aliphatic rings. The predicted molar refractivity (Wildman–Crippen MR) is 104 cm³/mol. The van der Waals surface area contributed by atoms with Crippen LogP contribution in [0.1, 0.15) is 26.3 Å². The lowest BCUT2D eigenvalue weighted by molar-refractivity contribution is -0.152. The molecule has 4 rings (SSSR count). The summed E-state index contributed by atoms with van der Waals surface area (Å²) in [6.45, 7) is -0.224. The van der Waals surface area contributed by atoms with Crippen LogP contribution in [0, 0.1) is 0 Å². The number of aliphatic carboxylic acids is 1. The van der Waals surface area contributed by atoms with E-state index in [1.807, 2.05) is 6.07 Å². The molecule has 152 valence electrons. The highest BCUT2D eigenvalue weighted by Crippen LogP contribution is 2.27. The smallest absolute Gasteiger partial charge is 0.330 e. The largest absolute Gasteiger partial charge is 0.497 e. The minimum absolute atomic E-state index is 0.0582. The van der Waals surface area contributed by atoms with E-state index in [2.05, 4.69) is 0 Å². The van der Waals surface area contributed by atoms with Gasteiger partial charge in [-0.25, -0.2) is 4.79 Å². The number of fused-ring (bicyclic) bond motifs is 1. The van der Waals surface area contributed by atoms with Crippen LogP contribution in [0.4, 0.5) is 0 Å². The van der Waals surface area contributed by atoms with Crippen LogP contribution in [0.5, 0.6) is 0 Å². The van der Waals surface area contributed by atoms with Crippen LogP contribution in [0.25, 0.3) is 0 Å². The van der Waals surface area contributed by atoms with Crippen LogP contribution < -0.4 is 0 Å². The molecular formula is C22H18N2O6. The summed E-state index contributed by atoms with van der Waals surface area (Å²) in [4.78, 5) is 53.1. The minimum atomic E-state index is -1.25. The third kappa shape index (κ3) is 3.32. The fourth-order valence-corrected chi connectivity index (χ4v) is 3.65. The SMILES string of the molecule is O=C(O)[C@H]1COC=CN1C(=O)[C@H](Cc1ccccc1)N1C(=O)c2ccccc2C1=O. The molecular weight excluding hydrogens is 388 g/mol. The minimum Gasteiger partial charge on any atom is -0.497 e. The Hall–Kier alpha value is -3.94. The van der Waals surface area contributed by atoms with E-state index in [1.54, 1.807) is 36.4 Å². The van der Waals surface area contributed by atoms with Gasteiger partial charge in [-0.15, -0.1) is 0 Å². The number of carbonyl (C=O) groups is 4. The van der Waals surface area contributed by atoms with Crippen molar-refractivity contribution in [3.8, 4) is 0 Å². The van der Waals surface area contributed by atoms with Gasteiger partial charge in [-0.3, -0.25) is 24.2 Å². The first kappa shape index (κ1) is 19.4. The fourth-order valence-electron chi connectivity index (χ4n) is 3.65. The van der Waals surface area contributed by atoms with Crippen molar-refractivity contribution in [3.63, 3.8) is 0 Å². The number of hydrogen-bond donors (Lipinski definition) is 1. The zero-order chi connectivity index (χ0) is 21.3. The van der Waals surface area contributed by atoms with Crippen molar-refractivity contribution >= 4 is 23.7 Å². The maximum Gasteiger partial charge on any atom is 0.330 e. The highest BCUT2D eigenvalue weighted by molar-refractivity contribution is 6.23. The molecule has 0 spiro atoms. The maximum absolute atomic E-state index is 13.5. The number of hydrogen-bond acceptors (Lipinski definition) is 5. The van der Waals surface area contributed by atoms with Crippen molar-refractivity contribution in [2.75, 3.05) is 6.61 Å². The summed E-state index contributed by atoms with van der Waals surface area (Å²) >= 11 is 0. The zero-order valence-electron chi connectivity index (χ0n) is 15.8. The summed E-state index contributed by atoms with van der Waals surface area (Å²) in [6.07, 6.45) is 2.50. The highest BCUT2D eigenvalue weighted by atomic mass is 16.5. The number of ether oxygens (including phenoxy) is 1. The Morgan fingerprint density at radius 1 is 1.00 bits per heavy atom. The Labute approximate surface area is 172 Å². The first-order valence-corrected chi connectivity index (χ1v) is 9.33. The van der Waals surface area contributed by atoms with Gasteiger partial charge in [0, 0.05) is 12.6 Å². The number of carboxylic acid groups (broad SMARTS) is 1. The number of rotatable bonds is 5. The van der Waals surface area contributed by atoms with Crippen LogP contribution in [-0.2, 0) is 20.7 Å². The van der Waals surface area contributed by atoms with Crippen molar-refractivity contribution < 1.29 is 29.0 Å². The van der Waals surface area contributed by atoms with E-state index in [0.29, 0.717) is 0 Å². The Morgan fingerprint density at radius 3 is 2.20 bits per heavy atom. The van der Waals surface area contributed by atoms with Gasteiger partial charge in [0.15, 0.2) is 6.04 Å². The molecule has 0 saturated heterocycles. The Bertz CT molecular complexity index is 1010. The highest BCUT2D eigenvalue weighted by Gasteiger charge is 2.45. The second-order valence-electron chi connectivity index (χ2n) is 6.95. The van der Waals surface area contributed by atoms with E-state index in [4.69, 9.17) is 4.74 Å². The van der Waals surface area contributed by atoms with E-state index >= 15 is 0 Å². The van der Waals surface area contributed by atoms with Crippen molar-refractivity contribution in [1.29, 1.82) is 0 Å². The monoisotopic (exact) mass is 406 g/mol. The van der Waals surface area contributed by atoms with E-state index in [1.165, 1.54) is 24.6 Å². The number of amides is 3. The Morgan fingerprint density at radius 2 is 1.60 bits per heavy atom. The van der Waals surface area contributed by atoms with Crippen molar-refractivity contribution in [1.82, 2.24) is 9.80 Å². The topological polar surface area (TPSA) is 104 Å². The molecule has 0 fully saturated rings. The summed E-state index contributed by atoms with van der Waals surface area (Å²) in [6, 6.07) is 12.8. The molecule has 0 radical (unpaired) electrons. The molecule has 2 aliphatic heterocycles. The van der Waals surface area contributed by atoms with Crippen LogP contribution in [0.3, 0.4) is 0 Å². The second kappa shape index (κ2) is 7.82. The quantitative estimate of drug-likeness (QED) is 0.758. The lowest BCUT2D eigenvalue weighted by atomic mass is 10.0. The molecule has 2 heterocycles. The number of benzene rings is 2. The molecule has 0 aromatic heterocycles. The van der Waals surface area contributed by atoms with Gasteiger partial charge in [-0.1, -0.05) is 42.5 Å². The van der Waals surface area contributed by atoms with Crippen LogP contribution in [-0.4, -0.2) is 57.3 Å². The van der Waals surface area contributed by atoms with Crippen LogP contribution in [0.2, 0.25) is 0 Å². The van der Waals surface area contributed by atoms with Crippen molar-refractivity contribution in [3.05, 3.63) is 83.7 Å². The van der Waals surface area contributed by atoms with Gasteiger partial charge in [0.05, 0.1) is 17.4 Å². The van der Waals surface area contributed by atoms with E-state index in [-0.39, 0.29) is 24.2 Å². The Kier molecular flexibility index (Phi) is 5.05. The standard InChI is InChI=1S/C22H18N2O6/c25-19-15-8-4-5-9-16(15)20(26)24(19)17(12-14-6-2-1-3-7-14)21(27)23-10-11-30-13-18(23)22(28)29/h1-11,17-18H,12-13H2,(H,28,29)/t17-,18+/m0/s1. The van der Waals surface area contributed by atoms with Crippen LogP contribution in [0.15, 0.2) is 67.1 Å². The number of carboxylic acids is 1. The van der Waals surface area contributed by atoms with E-state index < -0.39 is 35.8 Å². The Balaban J connectivity index is 1.74. The first-order valence-electron chi connectivity index (χ1n) is 9.33. The molecule has 1 N–H and O–H groups in total. The van der Waals surface area contributed by atoms with E-state index in [9.17, 15) is 24.3 Å². The number of imide groups is 1. The molecule has 0 aliphatic carbocycles. The molecule has 0 bridgehead atoms. The lowest BCUT2D eigenvalue weighted by Crippen LogP contribution is -2.56. The summed E-state index contributed by atoms with van der Waals surface area (Å²) in [7, 11) is 0. The molecule has 8 heteroatoms. The summed E-state index contributed by atoms with van der Waals surface area (Å²) in [5.74, 6) is -3.06. The molecule has 3 amide bonds. The molecule has 0 saturated carbocycles. The molecule has 2 atom stereocenters. The van der Waals surface area contributed by atoms with Gasteiger partial charge >= 0.3 is 5.97 Å². The average molecular weight is 406 g/mol. The van der Waals surface area contributed by atoms with Gasteiger partial charge in [-0.2, -0.15) is 0 Å². The lowest BCUT2D eigenvalue weighted by Gasteiger charge is -2.34. The zero-order valence-corrected chi connectivity index (χ0v) is 15.8. The van der Waals surface area contributed by atoms with E-state index in [0.717, 1.165) is 15.4 Å². The molecule has 0 unspecified atom stereocenters. The summed E-state index contributed by atoms with van der Waals surface area (Å²) < 4.78 is 5.04. The van der Waals surface area contributed by atoms with Crippen molar-refractivity contribution in [2.45, 2.75) is 18.5 Å². The van der Waals surface area contributed by atoms with Crippen molar-refractivity contribution in [2.24, 2.45) is 0 Å². The fraction of sp³-hybridized carbons (Fsp3) is 0.182. The maximum atomic E-state index is 13.5. The predicted octanol–water partition coefficient (Wildman–Crippen LogP) is 1.68. The molecule has 2 aromatic carbocycles. The second-order valence-corrected chi connectivity index (χ2v) is 6.95. The molecule has 2 aromatic rings. The molecule has 8 nitrogen and oxygen atoms in total. The normalized spacial score (nSPS) is 18.7. The van der Waals surface area contributed by atoms with Gasteiger partial charge < -0.3 is 9.84 Å². The number of nitrogens with zero attached hydrogens (tertiary/aromatic N) is 2. The number of carbonyl (C=O) groups excluding carboxylic acids is 3. The van der Waals surface area contributed by atoms with Gasteiger partial charge in [0.25, 0.3) is 17.7 Å². The van der Waals surface area contributed by atoms with Gasteiger partial charge in [0.2, 0.25) is 0 Å².